The summed E-state index contributed by atoms with van der Waals surface area (Å²) in [7, 11) is 1.67. The fourth-order valence-electron chi connectivity index (χ4n) is 2.46. The number of methoxy groups -OCH3 is 1. The molecular formula is C15H22Cl2N2O2. The van der Waals surface area contributed by atoms with Crippen molar-refractivity contribution in [2.45, 2.75) is 25.5 Å². The molecule has 2 N–H and O–H groups in total. The third kappa shape index (κ3) is 4.85. The summed E-state index contributed by atoms with van der Waals surface area (Å²) in [4.78, 5) is 12.2. The van der Waals surface area contributed by atoms with Crippen LogP contribution in [0.15, 0.2) is 24.3 Å². The number of halogens is 2. The lowest BCUT2D eigenvalue weighted by atomic mass is 10.00. The van der Waals surface area contributed by atoms with Gasteiger partial charge in [-0.05, 0) is 18.1 Å². The Labute approximate surface area is 137 Å². The van der Waals surface area contributed by atoms with Crippen molar-refractivity contribution in [1.82, 2.24) is 10.6 Å². The number of hydrogen-bond donors (Lipinski definition) is 2. The van der Waals surface area contributed by atoms with Crippen LogP contribution in [0.2, 0.25) is 5.02 Å². The molecular weight excluding hydrogens is 311 g/mol. The van der Waals surface area contributed by atoms with Crippen molar-refractivity contribution in [2.75, 3.05) is 20.2 Å². The maximum atomic E-state index is 12.2. The van der Waals surface area contributed by atoms with Crippen molar-refractivity contribution in [3.63, 3.8) is 0 Å². The zero-order valence-electron chi connectivity index (χ0n) is 12.3. The number of carbonyl (C=O) groups is 1. The van der Waals surface area contributed by atoms with E-state index in [0.717, 1.165) is 18.7 Å². The van der Waals surface area contributed by atoms with Gasteiger partial charge in [0.15, 0.2) is 0 Å². The Bertz CT molecular complexity index is 471. The molecule has 1 fully saturated rings. The maximum absolute atomic E-state index is 12.2. The fraction of sp³-hybridized carbons (Fsp3) is 0.533. The molecule has 6 heteroatoms. The first kappa shape index (κ1) is 18.2. The van der Waals surface area contributed by atoms with Crippen LogP contribution < -0.4 is 10.6 Å². The van der Waals surface area contributed by atoms with E-state index in [1.165, 1.54) is 0 Å². The molecule has 1 aliphatic rings. The first-order valence-corrected chi connectivity index (χ1v) is 7.27. The molecule has 0 aliphatic carbocycles. The van der Waals surface area contributed by atoms with Gasteiger partial charge in [-0.2, -0.15) is 0 Å². The molecule has 3 unspecified atom stereocenters. The minimum absolute atomic E-state index is 0. The molecule has 0 saturated carbocycles. The van der Waals surface area contributed by atoms with Gasteiger partial charge in [0.1, 0.15) is 0 Å². The smallest absolute Gasteiger partial charge is 0.223 e. The number of nitrogens with one attached hydrogen (secondary N) is 2. The number of amides is 1. The largest absolute Gasteiger partial charge is 0.378 e. The van der Waals surface area contributed by atoms with E-state index in [1.54, 1.807) is 7.11 Å². The molecule has 1 aliphatic heterocycles. The van der Waals surface area contributed by atoms with E-state index in [-0.39, 0.29) is 36.4 Å². The summed E-state index contributed by atoms with van der Waals surface area (Å²) < 4.78 is 5.34. The van der Waals surface area contributed by atoms with Crippen LogP contribution in [0.4, 0.5) is 0 Å². The van der Waals surface area contributed by atoms with Gasteiger partial charge in [0, 0.05) is 31.1 Å². The Balaban J connectivity index is 0.00000220. The van der Waals surface area contributed by atoms with Crippen LogP contribution >= 0.6 is 24.0 Å². The zero-order chi connectivity index (χ0) is 14.5. The van der Waals surface area contributed by atoms with Crippen molar-refractivity contribution in [3.05, 3.63) is 34.9 Å². The van der Waals surface area contributed by atoms with E-state index >= 15 is 0 Å². The third-order valence-electron chi connectivity index (χ3n) is 3.72. The summed E-state index contributed by atoms with van der Waals surface area (Å²) in [5.74, 6) is -0.0753. The fourth-order valence-corrected chi connectivity index (χ4v) is 2.67. The van der Waals surface area contributed by atoms with Crippen LogP contribution in [-0.2, 0) is 16.0 Å². The molecule has 3 atom stereocenters. The second kappa shape index (κ2) is 8.59. The minimum Gasteiger partial charge on any atom is -0.378 e. The van der Waals surface area contributed by atoms with Gasteiger partial charge in [-0.3, -0.25) is 4.79 Å². The quantitative estimate of drug-likeness (QED) is 0.867. The molecule has 1 heterocycles. The highest BCUT2D eigenvalue weighted by atomic mass is 35.5. The number of carbonyl (C=O) groups excluding carboxylic acids is 1. The zero-order valence-corrected chi connectivity index (χ0v) is 13.8. The lowest BCUT2D eigenvalue weighted by Crippen LogP contribution is -2.45. The standard InChI is InChI=1S/C15H21ClN2O2.ClH/c1-10(7-11-5-3-4-6-12(11)16)15(19)18-13-8-17-9-14(13)20-2;/h3-6,10,13-14,17H,7-9H2,1-2H3,(H,18,19);1H. The summed E-state index contributed by atoms with van der Waals surface area (Å²) in [6.45, 7) is 3.45. The maximum Gasteiger partial charge on any atom is 0.223 e. The summed E-state index contributed by atoms with van der Waals surface area (Å²) in [5.41, 5.74) is 1.00. The molecule has 0 spiro atoms. The molecule has 1 aromatic carbocycles. The second-order valence-corrected chi connectivity index (χ2v) is 5.65. The molecule has 1 saturated heterocycles. The van der Waals surface area contributed by atoms with Gasteiger partial charge in [-0.25, -0.2) is 0 Å². The van der Waals surface area contributed by atoms with Crippen molar-refractivity contribution >= 4 is 29.9 Å². The molecule has 21 heavy (non-hydrogen) atoms. The molecule has 4 nitrogen and oxygen atoms in total. The number of ether oxygens (including phenoxy) is 1. The number of benzene rings is 1. The van der Waals surface area contributed by atoms with Crippen molar-refractivity contribution in [1.29, 1.82) is 0 Å². The average Bonchev–Trinajstić information content (AvgIpc) is 2.88. The van der Waals surface area contributed by atoms with Crippen LogP contribution in [0.5, 0.6) is 0 Å². The summed E-state index contributed by atoms with van der Waals surface area (Å²) >= 11 is 6.13. The summed E-state index contributed by atoms with van der Waals surface area (Å²) in [6.07, 6.45) is 0.690. The van der Waals surface area contributed by atoms with Crippen LogP contribution in [-0.4, -0.2) is 38.3 Å². The Hall–Kier alpha value is -0.810. The van der Waals surface area contributed by atoms with Gasteiger partial charge in [0.05, 0.1) is 12.1 Å². The van der Waals surface area contributed by atoms with Gasteiger partial charge in [0.25, 0.3) is 0 Å². The molecule has 0 aromatic heterocycles. The van der Waals surface area contributed by atoms with Gasteiger partial charge < -0.3 is 15.4 Å². The monoisotopic (exact) mass is 332 g/mol. The second-order valence-electron chi connectivity index (χ2n) is 5.24. The third-order valence-corrected chi connectivity index (χ3v) is 4.09. The molecule has 118 valence electrons. The van der Waals surface area contributed by atoms with Crippen LogP contribution in [0.3, 0.4) is 0 Å². The van der Waals surface area contributed by atoms with E-state index in [0.29, 0.717) is 11.4 Å². The summed E-state index contributed by atoms with van der Waals surface area (Å²) in [6, 6.07) is 7.68. The molecule has 2 rings (SSSR count). The highest BCUT2D eigenvalue weighted by Crippen LogP contribution is 2.19. The predicted molar refractivity (Wildman–Crippen MR) is 87.2 cm³/mol. The summed E-state index contributed by atoms with van der Waals surface area (Å²) in [5, 5.41) is 6.98. The van der Waals surface area contributed by atoms with Gasteiger partial charge >= 0.3 is 0 Å². The first-order chi connectivity index (χ1) is 9.61. The Morgan fingerprint density at radius 2 is 2.19 bits per heavy atom. The average molecular weight is 333 g/mol. The van der Waals surface area contributed by atoms with Crippen LogP contribution in [0.25, 0.3) is 0 Å². The molecule has 1 aromatic rings. The van der Waals surface area contributed by atoms with E-state index in [2.05, 4.69) is 10.6 Å². The van der Waals surface area contributed by atoms with Crippen molar-refractivity contribution in [3.8, 4) is 0 Å². The minimum atomic E-state index is -0.118. The van der Waals surface area contributed by atoms with E-state index in [1.807, 2.05) is 31.2 Å². The SMILES string of the molecule is COC1CNCC1NC(=O)C(C)Cc1ccccc1Cl.Cl. The van der Waals surface area contributed by atoms with Gasteiger partial charge in [-0.15, -0.1) is 12.4 Å². The van der Waals surface area contributed by atoms with E-state index in [4.69, 9.17) is 16.3 Å². The van der Waals surface area contributed by atoms with E-state index < -0.39 is 0 Å². The van der Waals surface area contributed by atoms with Crippen molar-refractivity contribution < 1.29 is 9.53 Å². The highest BCUT2D eigenvalue weighted by molar-refractivity contribution is 6.31. The number of rotatable bonds is 5. The topological polar surface area (TPSA) is 50.4 Å². The van der Waals surface area contributed by atoms with Crippen molar-refractivity contribution in [2.24, 2.45) is 5.92 Å². The first-order valence-electron chi connectivity index (χ1n) is 6.89. The van der Waals surface area contributed by atoms with Gasteiger partial charge in [-0.1, -0.05) is 36.7 Å². The Morgan fingerprint density at radius 1 is 1.48 bits per heavy atom. The lowest BCUT2D eigenvalue weighted by Gasteiger charge is -2.21. The molecule has 0 bridgehead atoms. The van der Waals surface area contributed by atoms with Crippen LogP contribution in [0.1, 0.15) is 12.5 Å². The number of hydrogen-bond acceptors (Lipinski definition) is 3. The predicted octanol–water partition coefficient (Wildman–Crippen LogP) is 2.04. The van der Waals surface area contributed by atoms with Gasteiger partial charge in [0.2, 0.25) is 5.91 Å². The normalized spacial score (nSPS) is 22.4. The highest BCUT2D eigenvalue weighted by Gasteiger charge is 2.29. The molecule has 1 amide bonds. The van der Waals surface area contributed by atoms with Crippen LogP contribution in [0, 0.1) is 5.92 Å². The molecule has 0 radical (unpaired) electrons. The Kier molecular flexibility index (Phi) is 7.46. The lowest BCUT2D eigenvalue weighted by molar-refractivity contribution is -0.125. The Morgan fingerprint density at radius 3 is 2.86 bits per heavy atom. The van der Waals surface area contributed by atoms with E-state index in [9.17, 15) is 4.79 Å².